The van der Waals surface area contributed by atoms with Crippen LogP contribution in [0, 0.1) is 0 Å². The Balaban J connectivity index is 2.36. The lowest BCUT2D eigenvalue weighted by Gasteiger charge is -2.38. The van der Waals surface area contributed by atoms with Gasteiger partial charge in [-0.1, -0.05) is 29.3 Å². The summed E-state index contributed by atoms with van der Waals surface area (Å²) >= 11 is 12.1. The van der Waals surface area contributed by atoms with E-state index in [4.69, 9.17) is 32.7 Å². The van der Waals surface area contributed by atoms with Crippen LogP contribution >= 0.6 is 23.2 Å². The van der Waals surface area contributed by atoms with Gasteiger partial charge in [-0.3, -0.25) is 4.79 Å². The van der Waals surface area contributed by atoms with Crippen molar-refractivity contribution in [3.8, 4) is 0 Å². The van der Waals surface area contributed by atoms with Crippen molar-refractivity contribution in [2.45, 2.75) is 18.6 Å². The summed E-state index contributed by atoms with van der Waals surface area (Å²) in [6.07, 6.45) is -0.367. The zero-order valence-electron chi connectivity index (χ0n) is 12.6. The number of hydrogen-bond acceptors (Lipinski definition) is 4. The molecule has 122 valence electrons. The summed E-state index contributed by atoms with van der Waals surface area (Å²) in [5, 5.41) is 7.05. The standard InChI is InChI=1S/C15H20Cl2N2O3/c1-10(20)19-9-15(21-2)8-18-5-6-22-14(15)11-3-4-12(16)13(17)7-11/h3-4,7,14,18H,5-6,8-9H2,1-2H3,(H,19,20)/t14-,15+/m1/s1. The van der Waals surface area contributed by atoms with Crippen molar-refractivity contribution in [1.82, 2.24) is 10.6 Å². The van der Waals surface area contributed by atoms with Crippen LogP contribution in [0.3, 0.4) is 0 Å². The Labute approximate surface area is 140 Å². The monoisotopic (exact) mass is 346 g/mol. The van der Waals surface area contributed by atoms with Gasteiger partial charge in [0.05, 0.1) is 23.2 Å². The molecule has 0 spiro atoms. The predicted molar refractivity (Wildman–Crippen MR) is 86.4 cm³/mol. The maximum Gasteiger partial charge on any atom is 0.216 e. The fourth-order valence-corrected chi connectivity index (χ4v) is 2.86. The molecule has 0 saturated carbocycles. The highest BCUT2D eigenvalue weighted by atomic mass is 35.5. The summed E-state index contributed by atoms with van der Waals surface area (Å²) in [5.74, 6) is -0.117. The molecule has 0 unspecified atom stereocenters. The molecule has 1 heterocycles. The topological polar surface area (TPSA) is 59.6 Å². The van der Waals surface area contributed by atoms with E-state index in [0.29, 0.717) is 36.3 Å². The van der Waals surface area contributed by atoms with Gasteiger partial charge in [-0.05, 0) is 17.7 Å². The van der Waals surface area contributed by atoms with Gasteiger partial charge in [0.1, 0.15) is 11.7 Å². The fourth-order valence-electron chi connectivity index (χ4n) is 2.55. The largest absolute Gasteiger partial charge is 0.372 e. The van der Waals surface area contributed by atoms with Gasteiger partial charge in [-0.15, -0.1) is 0 Å². The Morgan fingerprint density at radius 1 is 1.50 bits per heavy atom. The normalized spacial score (nSPS) is 25.5. The van der Waals surface area contributed by atoms with E-state index < -0.39 is 5.60 Å². The van der Waals surface area contributed by atoms with Crippen LogP contribution in [-0.2, 0) is 14.3 Å². The van der Waals surface area contributed by atoms with Gasteiger partial charge in [-0.2, -0.15) is 0 Å². The lowest BCUT2D eigenvalue weighted by Crippen LogP contribution is -2.53. The first-order valence-corrected chi connectivity index (χ1v) is 7.81. The van der Waals surface area contributed by atoms with Crippen molar-refractivity contribution in [2.24, 2.45) is 0 Å². The summed E-state index contributed by atoms with van der Waals surface area (Å²) in [6, 6.07) is 5.38. The van der Waals surface area contributed by atoms with Crippen molar-refractivity contribution in [3.63, 3.8) is 0 Å². The van der Waals surface area contributed by atoms with Crippen molar-refractivity contribution < 1.29 is 14.3 Å². The minimum atomic E-state index is -0.723. The number of nitrogens with one attached hydrogen (secondary N) is 2. The first kappa shape index (κ1) is 17.5. The highest BCUT2D eigenvalue weighted by molar-refractivity contribution is 6.42. The molecular formula is C15H20Cl2N2O3. The third-order valence-electron chi connectivity index (χ3n) is 3.75. The molecule has 0 bridgehead atoms. The maximum atomic E-state index is 11.3. The summed E-state index contributed by atoms with van der Waals surface area (Å²) in [5.41, 5.74) is 0.143. The van der Waals surface area contributed by atoms with Crippen LogP contribution in [0.15, 0.2) is 18.2 Å². The SMILES string of the molecule is CO[C@]1(CNC(C)=O)CNCCO[C@@H]1c1ccc(Cl)c(Cl)c1. The molecule has 5 nitrogen and oxygen atoms in total. The third-order valence-corrected chi connectivity index (χ3v) is 4.49. The molecule has 1 aliphatic rings. The van der Waals surface area contributed by atoms with E-state index in [1.165, 1.54) is 6.92 Å². The van der Waals surface area contributed by atoms with E-state index >= 15 is 0 Å². The number of rotatable bonds is 4. The van der Waals surface area contributed by atoms with Crippen molar-refractivity contribution in [1.29, 1.82) is 0 Å². The number of carbonyl (C=O) groups excluding carboxylic acids is 1. The van der Waals surface area contributed by atoms with E-state index in [0.717, 1.165) is 5.56 Å². The summed E-state index contributed by atoms with van der Waals surface area (Å²) in [4.78, 5) is 11.3. The third kappa shape index (κ3) is 3.91. The first-order chi connectivity index (χ1) is 10.5. The number of benzene rings is 1. The average molecular weight is 347 g/mol. The van der Waals surface area contributed by atoms with E-state index in [1.54, 1.807) is 19.2 Å². The molecule has 2 atom stereocenters. The second-order valence-corrected chi connectivity index (χ2v) is 6.09. The van der Waals surface area contributed by atoms with E-state index in [-0.39, 0.29) is 12.0 Å². The van der Waals surface area contributed by atoms with E-state index in [2.05, 4.69) is 10.6 Å². The van der Waals surface area contributed by atoms with Crippen molar-refractivity contribution in [3.05, 3.63) is 33.8 Å². The van der Waals surface area contributed by atoms with Gasteiger partial charge < -0.3 is 20.1 Å². The molecule has 1 aromatic carbocycles. The summed E-state index contributed by atoms with van der Waals surface area (Å²) < 4.78 is 11.8. The smallest absolute Gasteiger partial charge is 0.216 e. The summed E-state index contributed by atoms with van der Waals surface area (Å²) in [7, 11) is 1.61. The molecule has 7 heteroatoms. The number of halogens is 2. The van der Waals surface area contributed by atoms with Crippen LogP contribution in [0.25, 0.3) is 0 Å². The van der Waals surface area contributed by atoms with Crippen molar-refractivity contribution in [2.75, 3.05) is 33.4 Å². The Morgan fingerprint density at radius 3 is 2.91 bits per heavy atom. The molecule has 0 aromatic heterocycles. The maximum absolute atomic E-state index is 11.3. The van der Waals surface area contributed by atoms with Gasteiger partial charge in [0.15, 0.2) is 0 Å². The predicted octanol–water partition coefficient (Wildman–Crippen LogP) is 2.18. The Morgan fingerprint density at radius 2 is 2.27 bits per heavy atom. The molecule has 2 N–H and O–H groups in total. The molecule has 2 rings (SSSR count). The van der Waals surface area contributed by atoms with E-state index in [9.17, 15) is 4.79 Å². The quantitative estimate of drug-likeness (QED) is 0.877. The molecule has 1 aromatic rings. The Bertz CT molecular complexity index is 542. The van der Waals surface area contributed by atoms with Crippen molar-refractivity contribution >= 4 is 29.1 Å². The number of amides is 1. The molecule has 0 radical (unpaired) electrons. The fraction of sp³-hybridized carbons (Fsp3) is 0.533. The van der Waals surface area contributed by atoms with Crippen LogP contribution in [0.1, 0.15) is 18.6 Å². The number of methoxy groups -OCH3 is 1. The molecule has 22 heavy (non-hydrogen) atoms. The van der Waals surface area contributed by atoms with Gasteiger partial charge in [-0.25, -0.2) is 0 Å². The minimum Gasteiger partial charge on any atom is -0.372 e. The van der Waals surface area contributed by atoms with Crippen LogP contribution in [0.4, 0.5) is 0 Å². The first-order valence-electron chi connectivity index (χ1n) is 7.05. The Kier molecular flexibility index (Phi) is 6.06. The zero-order valence-corrected chi connectivity index (χ0v) is 14.1. The second kappa shape index (κ2) is 7.62. The number of hydrogen-bond donors (Lipinski definition) is 2. The number of carbonyl (C=O) groups is 1. The minimum absolute atomic E-state index is 0.117. The highest BCUT2D eigenvalue weighted by Gasteiger charge is 2.42. The number of ether oxygens (including phenoxy) is 2. The van der Waals surface area contributed by atoms with E-state index in [1.807, 2.05) is 6.07 Å². The second-order valence-electron chi connectivity index (χ2n) is 5.28. The van der Waals surface area contributed by atoms with Gasteiger partial charge in [0.25, 0.3) is 0 Å². The summed E-state index contributed by atoms with van der Waals surface area (Å²) in [6.45, 7) is 3.60. The van der Waals surface area contributed by atoms with Crippen LogP contribution in [-0.4, -0.2) is 44.9 Å². The molecule has 1 saturated heterocycles. The molecule has 1 fully saturated rings. The van der Waals surface area contributed by atoms with Crippen LogP contribution < -0.4 is 10.6 Å². The van der Waals surface area contributed by atoms with Gasteiger partial charge in [0.2, 0.25) is 5.91 Å². The molecular weight excluding hydrogens is 327 g/mol. The van der Waals surface area contributed by atoms with Gasteiger partial charge in [0, 0.05) is 27.1 Å². The molecule has 0 aliphatic carbocycles. The Hall–Kier alpha value is -0.850. The lowest BCUT2D eigenvalue weighted by atomic mass is 9.90. The lowest BCUT2D eigenvalue weighted by molar-refractivity contribution is -0.129. The van der Waals surface area contributed by atoms with Gasteiger partial charge >= 0.3 is 0 Å². The van der Waals surface area contributed by atoms with Crippen LogP contribution in [0.2, 0.25) is 10.0 Å². The molecule has 1 aliphatic heterocycles. The molecule has 1 amide bonds. The zero-order chi connectivity index (χ0) is 16.2. The van der Waals surface area contributed by atoms with Crippen LogP contribution in [0.5, 0.6) is 0 Å². The average Bonchev–Trinajstić information content (AvgIpc) is 2.71. The highest BCUT2D eigenvalue weighted by Crippen LogP contribution is 2.36.